The topological polar surface area (TPSA) is 134 Å². The number of carbonyl (C=O) groups excluding carboxylic acids is 1. The van der Waals surface area contributed by atoms with Crippen LogP contribution in [0.2, 0.25) is 0 Å². The summed E-state index contributed by atoms with van der Waals surface area (Å²) in [5, 5.41) is 11.7. The second kappa shape index (κ2) is 8.87. The molecule has 1 aromatic carbocycles. The van der Waals surface area contributed by atoms with Crippen LogP contribution in [-0.2, 0) is 21.4 Å². The van der Waals surface area contributed by atoms with Gasteiger partial charge in [-0.15, -0.1) is 0 Å². The Morgan fingerprint density at radius 3 is 2.52 bits per heavy atom. The lowest BCUT2D eigenvalue weighted by molar-refractivity contribution is -0.116. The van der Waals surface area contributed by atoms with Gasteiger partial charge in [0, 0.05) is 31.0 Å². The minimum Gasteiger partial charge on any atom is -0.324 e. The molecule has 0 saturated heterocycles. The van der Waals surface area contributed by atoms with Crippen LogP contribution in [0.15, 0.2) is 44.9 Å². The molecule has 1 heterocycles. The number of sulfonamides is 1. The number of benzene rings is 1. The van der Waals surface area contributed by atoms with E-state index in [2.05, 4.69) is 5.32 Å². The summed E-state index contributed by atoms with van der Waals surface area (Å²) in [5.41, 5.74) is -1.49. The first-order valence-corrected chi connectivity index (χ1v) is 11.3. The standard InChI is InChI=1S/C20H23N5O5S/c1-3-23(4-2)31(29,30)17-7-5-6-15(10-17)22-18(26)13-25-19(27)14(11-21)12-24(20(25)28)16-8-9-16/h5-7,10,12,16H,3-4,8-9,13H2,1-2H3,(H,22,26). The van der Waals surface area contributed by atoms with Crippen LogP contribution >= 0.6 is 0 Å². The van der Waals surface area contributed by atoms with Crippen LogP contribution in [0.4, 0.5) is 5.69 Å². The quantitative estimate of drug-likeness (QED) is 0.641. The van der Waals surface area contributed by atoms with Crippen molar-refractivity contribution in [3.05, 3.63) is 56.9 Å². The van der Waals surface area contributed by atoms with Gasteiger partial charge in [-0.2, -0.15) is 9.57 Å². The van der Waals surface area contributed by atoms with E-state index in [0.29, 0.717) is 13.1 Å². The zero-order valence-corrected chi connectivity index (χ0v) is 18.1. The molecule has 10 nitrogen and oxygen atoms in total. The van der Waals surface area contributed by atoms with Crippen molar-refractivity contribution in [2.45, 2.75) is 44.2 Å². The van der Waals surface area contributed by atoms with Gasteiger partial charge in [0.25, 0.3) is 5.56 Å². The maximum absolute atomic E-state index is 12.7. The number of nitrogens with zero attached hydrogens (tertiary/aromatic N) is 4. The number of hydrogen-bond donors (Lipinski definition) is 1. The molecule has 3 rings (SSSR count). The number of nitrogens with one attached hydrogen (secondary N) is 1. The predicted octanol–water partition coefficient (Wildman–Crippen LogP) is 0.886. The van der Waals surface area contributed by atoms with E-state index in [9.17, 15) is 28.1 Å². The summed E-state index contributed by atoms with van der Waals surface area (Å²) in [5.74, 6) is -0.686. The normalized spacial score (nSPS) is 13.7. The molecule has 164 valence electrons. The van der Waals surface area contributed by atoms with E-state index in [0.717, 1.165) is 17.4 Å². The van der Waals surface area contributed by atoms with Gasteiger partial charge < -0.3 is 5.32 Å². The van der Waals surface area contributed by atoms with E-state index >= 15 is 0 Å². The zero-order chi connectivity index (χ0) is 22.8. The van der Waals surface area contributed by atoms with Crippen molar-refractivity contribution in [1.29, 1.82) is 5.26 Å². The Kier molecular flexibility index (Phi) is 6.42. The predicted molar refractivity (Wildman–Crippen MR) is 113 cm³/mol. The second-order valence-electron chi connectivity index (χ2n) is 7.13. The lowest BCUT2D eigenvalue weighted by Gasteiger charge is -2.19. The van der Waals surface area contributed by atoms with E-state index in [-0.39, 0.29) is 22.2 Å². The molecule has 1 N–H and O–H groups in total. The van der Waals surface area contributed by atoms with Gasteiger partial charge in [-0.05, 0) is 31.0 Å². The molecule has 1 fully saturated rings. The molecule has 0 radical (unpaired) electrons. The third-order valence-corrected chi connectivity index (χ3v) is 7.06. The van der Waals surface area contributed by atoms with Crippen molar-refractivity contribution >= 4 is 21.6 Å². The molecule has 0 aliphatic heterocycles. The highest BCUT2D eigenvalue weighted by atomic mass is 32.2. The van der Waals surface area contributed by atoms with Crippen LogP contribution < -0.4 is 16.6 Å². The monoisotopic (exact) mass is 445 g/mol. The number of amides is 1. The zero-order valence-electron chi connectivity index (χ0n) is 17.2. The summed E-state index contributed by atoms with van der Waals surface area (Å²) in [7, 11) is -3.71. The van der Waals surface area contributed by atoms with E-state index in [1.165, 1.54) is 39.3 Å². The molecule has 11 heteroatoms. The highest BCUT2D eigenvalue weighted by Gasteiger charge is 2.27. The summed E-state index contributed by atoms with van der Waals surface area (Å²) >= 11 is 0. The van der Waals surface area contributed by atoms with Gasteiger partial charge in [-0.25, -0.2) is 17.8 Å². The molecule has 1 saturated carbocycles. The smallest absolute Gasteiger partial charge is 0.324 e. The van der Waals surface area contributed by atoms with Crippen molar-refractivity contribution in [2.24, 2.45) is 0 Å². The van der Waals surface area contributed by atoms with E-state index in [4.69, 9.17) is 0 Å². The summed E-state index contributed by atoms with van der Waals surface area (Å²) in [4.78, 5) is 37.5. The Labute approximate surface area is 179 Å². The fraction of sp³-hybridized carbons (Fsp3) is 0.400. The minimum atomic E-state index is -3.71. The molecule has 31 heavy (non-hydrogen) atoms. The summed E-state index contributed by atoms with van der Waals surface area (Å²) in [6, 6.07) is 7.44. The van der Waals surface area contributed by atoms with Gasteiger partial charge >= 0.3 is 5.69 Å². The minimum absolute atomic E-state index is 0.0220. The number of nitriles is 1. The van der Waals surface area contributed by atoms with E-state index in [1.807, 2.05) is 0 Å². The molecule has 0 spiro atoms. The maximum atomic E-state index is 12.7. The van der Waals surface area contributed by atoms with Gasteiger partial charge in [0.15, 0.2) is 0 Å². The third kappa shape index (κ3) is 4.60. The van der Waals surface area contributed by atoms with Gasteiger partial charge in [0.2, 0.25) is 15.9 Å². The fourth-order valence-corrected chi connectivity index (χ4v) is 4.75. The van der Waals surface area contributed by atoms with E-state index < -0.39 is 33.7 Å². The largest absolute Gasteiger partial charge is 0.331 e. The number of anilines is 1. The van der Waals surface area contributed by atoms with Crippen LogP contribution in [0.1, 0.15) is 38.3 Å². The molecule has 2 aromatic rings. The third-order valence-electron chi connectivity index (χ3n) is 5.02. The maximum Gasteiger partial charge on any atom is 0.331 e. The Hall–Kier alpha value is -3.23. The van der Waals surface area contributed by atoms with E-state index in [1.54, 1.807) is 19.9 Å². The van der Waals surface area contributed by atoms with Crippen LogP contribution in [-0.4, -0.2) is 40.9 Å². The Morgan fingerprint density at radius 2 is 1.94 bits per heavy atom. The summed E-state index contributed by atoms with van der Waals surface area (Å²) in [6.45, 7) is 3.48. The Bertz CT molecular complexity index is 1260. The molecule has 0 bridgehead atoms. The lowest BCUT2D eigenvalue weighted by atomic mass is 10.3. The number of rotatable bonds is 8. The molecular formula is C20H23N5O5S. The molecule has 1 aliphatic rings. The number of hydrogen-bond acceptors (Lipinski definition) is 6. The van der Waals surface area contributed by atoms with Crippen molar-refractivity contribution in [2.75, 3.05) is 18.4 Å². The number of carbonyl (C=O) groups is 1. The van der Waals surface area contributed by atoms with Gasteiger partial charge in [-0.3, -0.25) is 14.2 Å². The Balaban J connectivity index is 1.86. The number of aromatic nitrogens is 2. The van der Waals surface area contributed by atoms with Gasteiger partial charge in [0.1, 0.15) is 18.2 Å². The molecule has 1 amide bonds. The average molecular weight is 446 g/mol. The first kappa shape index (κ1) is 22.5. The molecule has 0 unspecified atom stereocenters. The highest BCUT2D eigenvalue weighted by molar-refractivity contribution is 7.89. The van der Waals surface area contributed by atoms with Crippen molar-refractivity contribution in [3.8, 4) is 6.07 Å². The van der Waals surface area contributed by atoms with Crippen molar-refractivity contribution in [1.82, 2.24) is 13.4 Å². The molecule has 1 aliphatic carbocycles. The van der Waals surface area contributed by atoms with Crippen LogP contribution in [0, 0.1) is 11.3 Å². The van der Waals surface area contributed by atoms with Crippen LogP contribution in [0.25, 0.3) is 0 Å². The fourth-order valence-electron chi connectivity index (χ4n) is 3.24. The van der Waals surface area contributed by atoms with Gasteiger partial charge in [-0.1, -0.05) is 19.9 Å². The highest BCUT2D eigenvalue weighted by Crippen LogP contribution is 2.33. The van der Waals surface area contributed by atoms with Gasteiger partial charge in [0.05, 0.1) is 4.90 Å². The van der Waals surface area contributed by atoms with Crippen LogP contribution in [0.3, 0.4) is 0 Å². The van der Waals surface area contributed by atoms with Crippen molar-refractivity contribution in [3.63, 3.8) is 0 Å². The summed E-state index contributed by atoms with van der Waals surface area (Å²) < 4.78 is 28.7. The summed E-state index contributed by atoms with van der Waals surface area (Å²) in [6.07, 6.45) is 2.77. The first-order valence-electron chi connectivity index (χ1n) is 9.89. The lowest BCUT2D eigenvalue weighted by Crippen LogP contribution is -2.43. The van der Waals surface area contributed by atoms with Crippen molar-refractivity contribution < 1.29 is 13.2 Å². The first-order chi connectivity index (χ1) is 14.7. The molecule has 1 aromatic heterocycles. The van der Waals surface area contributed by atoms with Crippen LogP contribution in [0.5, 0.6) is 0 Å². The second-order valence-corrected chi connectivity index (χ2v) is 9.07. The molecular weight excluding hydrogens is 422 g/mol. The molecule has 0 atom stereocenters. The average Bonchev–Trinajstić information content (AvgIpc) is 3.57. The Morgan fingerprint density at radius 1 is 1.26 bits per heavy atom. The SMILES string of the molecule is CCN(CC)S(=O)(=O)c1cccc(NC(=O)Cn2c(=O)c(C#N)cn(C3CC3)c2=O)c1.